The van der Waals surface area contributed by atoms with E-state index in [0.29, 0.717) is 50.1 Å². The van der Waals surface area contributed by atoms with Crippen LogP contribution in [-0.2, 0) is 14.3 Å². The average molecular weight is 731 g/mol. The first-order chi connectivity index (χ1) is 25.4. The van der Waals surface area contributed by atoms with Gasteiger partial charge in [-0.3, -0.25) is 19.6 Å². The largest absolute Gasteiger partial charge is 0.508 e. The summed E-state index contributed by atoms with van der Waals surface area (Å²) < 4.78 is 63.2. The maximum Gasteiger partial charge on any atom is 0.413 e. The second kappa shape index (κ2) is 13.2. The number of hydrogen-bond acceptors (Lipinski definition) is 11. The fraction of sp³-hybridized carbons (Fsp3) is 0.447. The average Bonchev–Trinajstić information content (AvgIpc) is 3.73. The Morgan fingerprint density at radius 3 is 2.64 bits per heavy atom. The van der Waals surface area contributed by atoms with Crippen LogP contribution in [0.25, 0.3) is 32.9 Å². The van der Waals surface area contributed by atoms with Crippen molar-refractivity contribution < 1.29 is 42.1 Å². The van der Waals surface area contributed by atoms with Gasteiger partial charge in [0.1, 0.15) is 41.4 Å². The van der Waals surface area contributed by atoms with Crippen LogP contribution in [0.2, 0.25) is 0 Å². The zero-order valence-corrected chi connectivity index (χ0v) is 29.2. The fourth-order valence-electron chi connectivity index (χ4n) is 8.75. The number of halogens is 3. The number of carbonyl (C=O) groups excluding carboxylic acids is 2. The minimum Gasteiger partial charge on any atom is -0.508 e. The number of esters is 1. The molecule has 15 heteroatoms. The molecule has 2 bridgehead atoms. The van der Waals surface area contributed by atoms with Crippen LogP contribution < -0.4 is 9.64 Å². The lowest BCUT2D eigenvalue weighted by molar-refractivity contribution is -0.163. The Labute approximate surface area is 302 Å². The van der Waals surface area contributed by atoms with Gasteiger partial charge in [0.05, 0.1) is 28.6 Å². The second-order valence-electron chi connectivity index (χ2n) is 14.3. The first-order valence-electron chi connectivity index (χ1n) is 17.7. The SMILES string of the molecule is C#Cc1c(F)ccc2cc(O)cc(-c3ncc4c(N5CC6CCC(C5)N6C(=O)OC(C)OC(C)=O)nc(OCC56CCCN5C[C@H](F)C6)nc4c3F)c12. The first-order valence-corrected chi connectivity index (χ1v) is 17.7. The van der Waals surface area contributed by atoms with E-state index in [0.717, 1.165) is 19.4 Å². The fourth-order valence-corrected chi connectivity index (χ4v) is 8.75. The zero-order chi connectivity index (χ0) is 37.2. The number of pyridine rings is 1. The highest BCUT2D eigenvalue weighted by atomic mass is 19.1. The molecule has 0 radical (unpaired) electrons. The number of terminal acetylenes is 1. The first kappa shape index (κ1) is 34.7. The smallest absolute Gasteiger partial charge is 0.413 e. The maximum absolute atomic E-state index is 17.0. The number of phenolic OH excluding ortho intramolecular Hbond substituents is 1. The van der Waals surface area contributed by atoms with E-state index < -0.39 is 41.7 Å². The van der Waals surface area contributed by atoms with Crippen LogP contribution in [-0.4, -0.2) is 105 Å². The maximum atomic E-state index is 17.0. The number of hydrogen-bond donors (Lipinski definition) is 1. The Morgan fingerprint density at radius 2 is 1.91 bits per heavy atom. The lowest BCUT2D eigenvalue weighted by Crippen LogP contribution is -2.56. The Bertz CT molecular complexity index is 2190. The summed E-state index contributed by atoms with van der Waals surface area (Å²) in [6, 6.07) is 4.60. The number of alkyl halides is 1. The predicted molar refractivity (Wildman–Crippen MR) is 187 cm³/mol. The Kier molecular flexibility index (Phi) is 8.68. The van der Waals surface area contributed by atoms with Crippen LogP contribution in [0.4, 0.5) is 23.8 Å². The molecular formula is C38H37F3N6O6. The summed E-state index contributed by atoms with van der Waals surface area (Å²) in [6.07, 6.45) is 7.75. The van der Waals surface area contributed by atoms with Crippen molar-refractivity contribution in [3.63, 3.8) is 0 Å². The summed E-state index contributed by atoms with van der Waals surface area (Å²) >= 11 is 0. The number of aromatic hydroxyl groups is 1. The van der Waals surface area contributed by atoms with E-state index in [4.69, 9.17) is 25.6 Å². The van der Waals surface area contributed by atoms with Crippen molar-refractivity contribution in [1.29, 1.82) is 0 Å². The van der Waals surface area contributed by atoms with Gasteiger partial charge in [0.25, 0.3) is 0 Å². The normalized spacial score (nSPS) is 24.3. The molecule has 1 N–H and O–H groups in total. The molecule has 5 atom stereocenters. The van der Waals surface area contributed by atoms with Crippen LogP contribution in [0.5, 0.6) is 11.8 Å². The minimum atomic E-state index is -1.06. The molecule has 4 saturated heterocycles. The van der Waals surface area contributed by atoms with E-state index in [1.165, 1.54) is 44.3 Å². The third-order valence-corrected chi connectivity index (χ3v) is 10.9. The number of anilines is 1. The minimum absolute atomic E-state index is 0.0723. The van der Waals surface area contributed by atoms with Crippen molar-refractivity contribution >= 4 is 39.6 Å². The number of aromatic nitrogens is 3. The highest BCUT2D eigenvalue weighted by molar-refractivity contribution is 6.03. The number of ether oxygens (including phenoxy) is 3. The molecule has 276 valence electrons. The summed E-state index contributed by atoms with van der Waals surface area (Å²) in [7, 11) is 0. The molecule has 4 unspecified atom stereocenters. The molecule has 4 aromatic rings. The predicted octanol–water partition coefficient (Wildman–Crippen LogP) is 5.46. The third-order valence-electron chi connectivity index (χ3n) is 10.9. The van der Waals surface area contributed by atoms with E-state index in [9.17, 15) is 23.5 Å². The molecule has 2 aromatic heterocycles. The van der Waals surface area contributed by atoms with Gasteiger partial charge in [-0.2, -0.15) is 9.97 Å². The molecule has 4 aliphatic heterocycles. The number of benzene rings is 2. The molecular weight excluding hydrogens is 693 g/mol. The van der Waals surface area contributed by atoms with E-state index in [1.54, 1.807) is 4.90 Å². The molecule has 53 heavy (non-hydrogen) atoms. The van der Waals surface area contributed by atoms with Gasteiger partial charge in [-0.25, -0.2) is 18.0 Å². The van der Waals surface area contributed by atoms with Crippen molar-refractivity contribution in [2.75, 3.05) is 37.7 Å². The highest BCUT2D eigenvalue weighted by Gasteiger charge is 2.50. The number of rotatable bonds is 7. The van der Waals surface area contributed by atoms with Gasteiger partial charge in [0.2, 0.25) is 6.29 Å². The van der Waals surface area contributed by atoms with E-state index in [1.807, 2.05) is 4.90 Å². The van der Waals surface area contributed by atoms with Gasteiger partial charge < -0.3 is 24.2 Å². The Morgan fingerprint density at radius 1 is 1.13 bits per heavy atom. The lowest BCUT2D eigenvalue weighted by Gasteiger charge is -2.41. The molecule has 1 amide bonds. The summed E-state index contributed by atoms with van der Waals surface area (Å²) in [5, 5.41) is 11.4. The summed E-state index contributed by atoms with van der Waals surface area (Å²) in [5.41, 5.74) is -0.913. The van der Waals surface area contributed by atoms with Gasteiger partial charge in [-0.15, -0.1) is 6.42 Å². The summed E-state index contributed by atoms with van der Waals surface area (Å²) in [6.45, 7) is 4.50. The van der Waals surface area contributed by atoms with Crippen LogP contribution in [0.3, 0.4) is 0 Å². The van der Waals surface area contributed by atoms with Crippen LogP contribution >= 0.6 is 0 Å². The molecule has 12 nitrogen and oxygen atoms in total. The van der Waals surface area contributed by atoms with Crippen LogP contribution in [0.15, 0.2) is 30.5 Å². The second-order valence-corrected chi connectivity index (χ2v) is 14.3. The van der Waals surface area contributed by atoms with Crippen LogP contribution in [0, 0.1) is 24.0 Å². The van der Waals surface area contributed by atoms with E-state index in [-0.39, 0.29) is 63.6 Å². The number of amides is 1. The monoisotopic (exact) mass is 730 g/mol. The number of fused-ring (bicyclic) bond motifs is 5. The van der Waals surface area contributed by atoms with Crippen molar-refractivity contribution in [2.24, 2.45) is 0 Å². The lowest BCUT2D eigenvalue weighted by atomic mass is 9.95. The molecule has 0 aliphatic carbocycles. The Hall–Kier alpha value is -5.36. The molecule has 2 aromatic carbocycles. The molecule has 4 fully saturated rings. The highest BCUT2D eigenvalue weighted by Crippen LogP contribution is 2.42. The van der Waals surface area contributed by atoms with E-state index >= 15 is 4.39 Å². The molecule has 0 spiro atoms. The number of carbonyl (C=O) groups is 2. The van der Waals surface area contributed by atoms with Crippen LogP contribution in [0.1, 0.15) is 51.5 Å². The van der Waals surface area contributed by atoms with Gasteiger partial charge in [0, 0.05) is 57.0 Å². The Balaban J connectivity index is 1.20. The van der Waals surface area contributed by atoms with Crippen molar-refractivity contribution in [3.05, 3.63) is 47.7 Å². The van der Waals surface area contributed by atoms with Crippen molar-refractivity contribution in [2.45, 2.75) is 76.0 Å². The number of piperazine rings is 1. The third kappa shape index (κ3) is 6.08. The number of phenols is 1. The van der Waals surface area contributed by atoms with Gasteiger partial charge in [-0.1, -0.05) is 12.0 Å². The molecule has 4 aliphatic rings. The van der Waals surface area contributed by atoms with Gasteiger partial charge in [-0.05, 0) is 55.8 Å². The molecule has 0 saturated carbocycles. The number of nitrogens with zero attached hydrogens (tertiary/aromatic N) is 6. The van der Waals surface area contributed by atoms with E-state index in [2.05, 4.69) is 20.8 Å². The van der Waals surface area contributed by atoms with Crippen molar-refractivity contribution in [3.8, 4) is 35.4 Å². The molecule has 6 heterocycles. The standard InChI is InChI=1S/C38H37F3N6O6/c1-4-27-30(40)9-6-22-12-26(49)13-28(31(22)27)33-32(41)34-29(15-42-33)35(44-36(43-34)51-19-38-10-5-11-46(38)16-23(39)14-38)45-17-24-7-8-25(18-45)47(24)37(50)53-21(3)52-20(2)48/h1,6,9,12-13,15,21,23-25,49H,5,7-8,10-11,14,16-19H2,2-3H3/t21?,23-,24?,25?,38?/m1/s1. The summed E-state index contributed by atoms with van der Waals surface area (Å²) in [4.78, 5) is 44.0. The van der Waals surface area contributed by atoms with Gasteiger partial charge in [0.15, 0.2) is 5.82 Å². The quantitative estimate of drug-likeness (QED) is 0.148. The topological polar surface area (TPSA) is 130 Å². The van der Waals surface area contributed by atoms with Gasteiger partial charge >= 0.3 is 18.1 Å². The summed E-state index contributed by atoms with van der Waals surface area (Å²) in [5.74, 6) is 0.341. The van der Waals surface area contributed by atoms with Crippen molar-refractivity contribution in [1.82, 2.24) is 24.8 Å². The zero-order valence-electron chi connectivity index (χ0n) is 29.2. The molecule has 8 rings (SSSR count).